The third-order valence-corrected chi connectivity index (χ3v) is 6.80. The molecule has 158 valence electrons. The Morgan fingerprint density at radius 3 is 2.39 bits per heavy atom. The standard InChI is InChI=1S/C24H24N4O3/c29-22-18-3-1-2-4-19(18)23(30)28(22)14-17-13-27-12-16(15-5-6-15)11-20(21(27)26-17)24(31)7-9-25-10-8-24/h1-4,11-13,15,25,31H,5-10,14H2. The molecule has 2 aromatic heterocycles. The number of fused-ring (bicyclic) bond motifs is 2. The van der Waals surface area contributed by atoms with E-state index in [1.165, 1.54) is 23.3 Å². The summed E-state index contributed by atoms with van der Waals surface area (Å²) in [6, 6.07) is 9.03. The molecule has 1 aliphatic carbocycles. The lowest BCUT2D eigenvalue weighted by Gasteiger charge is -2.33. The van der Waals surface area contributed by atoms with Crippen molar-refractivity contribution in [2.24, 2.45) is 0 Å². The molecule has 4 heterocycles. The van der Waals surface area contributed by atoms with Gasteiger partial charge in [-0.2, -0.15) is 0 Å². The minimum atomic E-state index is -0.921. The number of pyridine rings is 1. The van der Waals surface area contributed by atoms with Crippen LogP contribution in [0.5, 0.6) is 0 Å². The molecule has 3 aliphatic rings. The Labute approximate surface area is 179 Å². The fraction of sp³-hybridized carbons (Fsp3) is 0.375. The third-order valence-electron chi connectivity index (χ3n) is 6.80. The van der Waals surface area contributed by atoms with Crippen LogP contribution in [0.2, 0.25) is 0 Å². The molecular formula is C24H24N4O3. The highest BCUT2D eigenvalue weighted by atomic mass is 16.3. The molecule has 6 rings (SSSR count). The van der Waals surface area contributed by atoms with Gasteiger partial charge in [-0.1, -0.05) is 12.1 Å². The number of nitrogens with one attached hydrogen (secondary N) is 1. The number of carbonyl (C=O) groups is 2. The van der Waals surface area contributed by atoms with Gasteiger partial charge in [-0.15, -0.1) is 0 Å². The lowest BCUT2D eigenvalue weighted by Crippen LogP contribution is -2.40. The van der Waals surface area contributed by atoms with E-state index in [2.05, 4.69) is 17.6 Å². The molecule has 1 saturated carbocycles. The number of piperidine rings is 1. The number of aliphatic hydroxyl groups is 1. The summed E-state index contributed by atoms with van der Waals surface area (Å²) in [6.07, 6.45) is 7.58. The molecule has 2 N–H and O–H groups in total. The molecule has 0 bridgehead atoms. The summed E-state index contributed by atoms with van der Waals surface area (Å²) in [5.41, 5.74) is 3.39. The fourth-order valence-electron chi connectivity index (χ4n) is 4.88. The van der Waals surface area contributed by atoms with Crippen LogP contribution in [0.25, 0.3) is 5.65 Å². The van der Waals surface area contributed by atoms with E-state index in [4.69, 9.17) is 4.98 Å². The van der Waals surface area contributed by atoms with Crippen LogP contribution in [-0.2, 0) is 12.1 Å². The number of nitrogens with zero attached hydrogens (tertiary/aromatic N) is 3. The highest BCUT2D eigenvalue weighted by molar-refractivity contribution is 6.21. The number of hydrogen-bond acceptors (Lipinski definition) is 5. The highest BCUT2D eigenvalue weighted by Gasteiger charge is 2.37. The average molecular weight is 416 g/mol. The Kier molecular flexibility index (Phi) is 4.07. The molecule has 1 aromatic carbocycles. The van der Waals surface area contributed by atoms with E-state index in [0.717, 1.165) is 18.7 Å². The van der Waals surface area contributed by atoms with Gasteiger partial charge in [0.25, 0.3) is 11.8 Å². The number of imide groups is 1. The van der Waals surface area contributed by atoms with Gasteiger partial charge in [-0.05, 0) is 68.5 Å². The van der Waals surface area contributed by atoms with E-state index in [1.54, 1.807) is 24.3 Å². The molecule has 3 aromatic rings. The van der Waals surface area contributed by atoms with Crippen molar-refractivity contribution in [3.8, 4) is 0 Å². The maximum atomic E-state index is 12.8. The third kappa shape index (κ3) is 2.99. The molecule has 2 fully saturated rings. The van der Waals surface area contributed by atoms with Crippen LogP contribution >= 0.6 is 0 Å². The van der Waals surface area contributed by atoms with E-state index in [1.807, 2.05) is 10.6 Å². The molecule has 7 nitrogen and oxygen atoms in total. The van der Waals surface area contributed by atoms with Crippen molar-refractivity contribution >= 4 is 17.5 Å². The van der Waals surface area contributed by atoms with Crippen molar-refractivity contribution in [3.63, 3.8) is 0 Å². The van der Waals surface area contributed by atoms with E-state index in [9.17, 15) is 14.7 Å². The maximum Gasteiger partial charge on any atom is 0.261 e. The largest absolute Gasteiger partial charge is 0.385 e. The van der Waals surface area contributed by atoms with Gasteiger partial charge in [0, 0.05) is 18.0 Å². The first-order valence-electron chi connectivity index (χ1n) is 10.9. The quantitative estimate of drug-likeness (QED) is 0.639. The first kappa shape index (κ1) is 18.7. The number of amides is 2. The number of hydrogen-bond donors (Lipinski definition) is 2. The summed E-state index contributed by atoms with van der Waals surface area (Å²) in [6.45, 7) is 1.64. The molecule has 0 atom stereocenters. The van der Waals surface area contributed by atoms with Crippen LogP contribution in [0.1, 0.15) is 69.1 Å². The van der Waals surface area contributed by atoms with Crippen LogP contribution in [0.3, 0.4) is 0 Å². The highest BCUT2D eigenvalue weighted by Crippen LogP contribution is 2.43. The lowest BCUT2D eigenvalue weighted by atomic mass is 9.84. The summed E-state index contributed by atoms with van der Waals surface area (Å²) in [5.74, 6) is -0.0300. The Balaban J connectivity index is 1.40. The molecule has 2 aliphatic heterocycles. The molecule has 31 heavy (non-hydrogen) atoms. The second-order valence-corrected chi connectivity index (χ2v) is 8.95. The molecule has 0 radical (unpaired) electrons. The van der Waals surface area contributed by atoms with Gasteiger partial charge >= 0.3 is 0 Å². The van der Waals surface area contributed by atoms with E-state index in [0.29, 0.717) is 41.2 Å². The van der Waals surface area contributed by atoms with Crippen molar-refractivity contribution in [2.45, 2.75) is 43.7 Å². The van der Waals surface area contributed by atoms with Crippen LogP contribution in [0.15, 0.2) is 42.7 Å². The Morgan fingerprint density at radius 1 is 1.06 bits per heavy atom. The Morgan fingerprint density at radius 2 is 1.74 bits per heavy atom. The van der Waals surface area contributed by atoms with Crippen LogP contribution in [0, 0.1) is 0 Å². The number of aromatic nitrogens is 2. The first-order chi connectivity index (χ1) is 15.0. The predicted octanol–water partition coefficient (Wildman–Crippen LogP) is 2.58. The summed E-state index contributed by atoms with van der Waals surface area (Å²) in [7, 11) is 0. The fourth-order valence-corrected chi connectivity index (χ4v) is 4.88. The minimum Gasteiger partial charge on any atom is -0.385 e. The molecule has 1 saturated heterocycles. The maximum absolute atomic E-state index is 12.8. The molecular weight excluding hydrogens is 392 g/mol. The van der Waals surface area contributed by atoms with Crippen molar-refractivity contribution < 1.29 is 14.7 Å². The lowest BCUT2D eigenvalue weighted by molar-refractivity contribution is 0.00678. The van der Waals surface area contributed by atoms with E-state index < -0.39 is 5.60 Å². The summed E-state index contributed by atoms with van der Waals surface area (Å²) in [5, 5.41) is 14.8. The zero-order chi connectivity index (χ0) is 21.2. The molecule has 0 unspecified atom stereocenters. The Hall–Kier alpha value is -3.03. The molecule has 0 spiro atoms. The summed E-state index contributed by atoms with van der Waals surface area (Å²) in [4.78, 5) is 31.6. The van der Waals surface area contributed by atoms with E-state index in [-0.39, 0.29) is 18.4 Å². The van der Waals surface area contributed by atoms with Crippen molar-refractivity contribution in [3.05, 3.63) is 70.7 Å². The number of benzene rings is 1. The smallest absolute Gasteiger partial charge is 0.261 e. The van der Waals surface area contributed by atoms with Crippen LogP contribution < -0.4 is 5.32 Å². The second kappa shape index (κ2) is 6.73. The van der Waals surface area contributed by atoms with Crippen molar-refractivity contribution in [1.82, 2.24) is 19.6 Å². The SMILES string of the molecule is O=C1c2ccccc2C(=O)N1Cc1cn2cc(C3CC3)cc(C3(O)CCNCC3)c2n1. The van der Waals surface area contributed by atoms with Gasteiger partial charge in [-0.25, -0.2) is 4.98 Å². The monoisotopic (exact) mass is 416 g/mol. The summed E-state index contributed by atoms with van der Waals surface area (Å²) < 4.78 is 1.97. The average Bonchev–Trinajstić information content (AvgIpc) is 3.51. The summed E-state index contributed by atoms with van der Waals surface area (Å²) >= 11 is 0. The van der Waals surface area contributed by atoms with Gasteiger partial charge in [0.2, 0.25) is 0 Å². The first-order valence-corrected chi connectivity index (χ1v) is 10.9. The van der Waals surface area contributed by atoms with Gasteiger partial charge in [0.1, 0.15) is 5.65 Å². The van der Waals surface area contributed by atoms with Crippen LogP contribution in [-0.4, -0.2) is 44.3 Å². The van der Waals surface area contributed by atoms with E-state index >= 15 is 0 Å². The zero-order valence-electron chi connectivity index (χ0n) is 17.2. The van der Waals surface area contributed by atoms with Crippen LogP contribution in [0.4, 0.5) is 0 Å². The Bertz CT molecular complexity index is 1190. The minimum absolute atomic E-state index is 0.117. The molecule has 2 amide bonds. The van der Waals surface area contributed by atoms with Crippen molar-refractivity contribution in [2.75, 3.05) is 13.1 Å². The number of imidazole rings is 1. The normalized spacial score (nSPS) is 20.5. The predicted molar refractivity (Wildman–Crippen MR) is 114 cm³/mol. The van der Waals surface area contributed by atoms with Gasteiger partial charge in [0.15, 0.2) is 0 Å². The van der Waals surface area contributed by atoms with Crippen molar-refractivity contribution in [1.29, 1.82) is 0 Å². The topological polar surface area (TPSA) is 86.9 Å². The zero-order valence-corrected chi connectivity index (χ0v) is 17.2. The second-order valence-electron chi connectivity index (χ2n) is 8.95. The van der Waals surface area contributed by atoms with Gasteiger partial charge < -0.3 is 14.8 Å². The van der Waals surface area contributed by atoms with Gasteiger partial charge in [-0.3, -0.25) is 14.5 Å². The number of carbonyl (C=O) groups excluding carboxylic acids is 2. The number of rotatable bonds is 4. The van der Waals surface area contributed by atoms with Gasteiger partial charge in [0.05, 0.1) is 29.0 Å². The molecule has 7 heteroatoms.